The van der Waals surface area contributed by atoms with Crippen molar-refractivity contribution in [2.24, 2.45) is 5.92 Å². The fraction of sp³-hybridized carbons (Fsp3) is 0.938. The van der Waals surface area contributed by atoms with E-state index in [1.807, 2.05) is 0 Å². The lowest BCUT2D eigenvalue weighted by atomic mass is 9.88. The molecule has 1 aliphatic carbocycles. The zero-order chi connectivity index (χ0) is 13.9. The highest BCUT2D eigenvalue weighted by Gasteiger charge is 2.40. The summed E-state index contributed by atoms with van der Waals surface area (Å²) in [5.74, 6) is 0.907. The van der Waals surface area contributed by atoms with Crippen molar-refractivity contribution in [1.82, 2.24) is 10.2 Å². The smallest absolute Gasteiger partial charge is 0.242 e. The maximum Gasteiger partial charge on any atom is 0.242 e. The summed E-state index contributed by atoms with van der Waals surface area (Å²) in [4.78, 5) is 15.2. The SMILES string of the molecule is CC(C)CN(C(=O)C1(C)CCCCN1)C1CCCC1. The van der Waals surface area contributed by atoms with Crippen LogP contribution in [0.15, 0.2) is 0 Å². The van der Waals surface area contributed by atoms with Crippen molar-refractivity contribution in [3.05, 3.63) is 0 Å². The second-order valence-electron chi connectivity index (χ2n) is 7.01. The minimum atomic E-state index is -0.310. The van der Waals surface area contributed by atoms with Crippen LogP contribution >= 0.6 is 0 Å². The van der Waals surface area contributed by atoms with Gasteiger partial charge in [0.05, 0.1) is 5.54 Å². The molecule has 0 bridgehead atoms. The van der Waals surface area contributed by atoms with Gasteiger partial charge in [0.15, 0.2) is 0 Å². The largest absolute Gasteiger partial charge is 0.338 e. The molecule has 1 saturated heterocycles. The lowest BCUT2D eigenvalue weighted by molar-refractivity contribution is -0.141. The molecule has 3 heteroatoms. The topological polar surface area (TPSA) is 32.3 Å². The molecule has 3 nitrogen and oxygen atoms in total. The van der Waals surface area contributed by atoms with Crippen molar-refractivity contribution in [2.45, 2.75) is 77.3 Å². The third-order valence-electron chi connectivity index (χ3n) is 4.68. The van der Waals surface area contributed by atoms with Crippen molar-refractivity contribution in [3.8, 4) is 0 Å². The second kappa shape index (κ2) is 6.25. The zero-order valence-corrected chi connectivity index (χ0v) is 12.9. The Labute approximate surface area is 118 Å². The molecule has 2 rings (SSSR count). The van der Waals surface area contributed by atoms with E-state index in [2.05, 4.69) is 31.0 Å². The van der Waals surface area contributed by atoms with Crippen LogP contribution in [0.3, 0.4) is 0 Å². The van der Waals surface area contributed by atoms with E-state index >= 15 is 0 Å². The molecule has 0 aromatic rings. The third-order valence-corrected chi connectivity index (χ3v) is 4.68. The number of nitrogens with zero attached hydrogens (tertiary/aromatic N) is 1. The van der Waals surface area contributed by atoms with Gasteiger partial charge in [-0.2, -0.15) is 0 Å². The first-order chi connectivity index (χ1) is 9.03. The minimum absolute atomic E-state index is 0.310. The predicted octanol–water partition coefficient (Wildman–Crippen LogP) is 2.95. The van der Waals surface area contributed by atoms with Crippen LogP contribution in [0.4, 0.5) is 0 Å². The quantitative estimate of drug-likeness (QED) is 0.848. The number of hydrogen-bond donors (Lipinski definition) is 1. The van der Waals surface area contributed by atoms with E-state index in [9.17, 15) is 4.79 Å². The summed E-state index contributed by atoms with van der Waals surface area (Å²) in [5, 5.41) is 3.48. The zero-order valence-electron chi connectivity index (χ0n) is 12.9. The molecule has 1 heterocycles. The summed E-state index contributed by atoms with van der Waals surface area (Å²) < 4.78 is 0. The number of amides is 1. The van der Waals surface area contributed by atoms with Crippen LogP contribution in [-0.2, 0) is 4.79 Å². The van der Waals surface area contributed by atoms with Crippen molar-refractivity contribution < 1.29 is 4.79 Å². The minimum Gasteiger partial charge on any atom is -0.338 e. The van der Waals surface area contributed by atoms with Crippen molar-refractivity contribution in [1.29, 1.82) is 0 Å². The van der Waals surface area contributed by atoms with Crippen LogP contribution in [0.1, 0.15) is 65.7 Å². The summed E-state index contributed by atoms with van der Waals surface area (Å²) in [6.07, 6.45) is 8.36. The molecule has 0 aromatic carbocycles. The van der Waals surface area contributed by atoms with E-state index in [4.69, 9.17) is 0 Å². The molecule has 1 saturated carbocycles. The Hall–Kier alpha value is -0.570. The molecule has 0 spiro atoms. The number of carbonyl (C=O) groups excluding carboxylic acids is 1. The number of rotatable bonds is 4. The average molecular weight is 266 g/mol. The first-order valence-electron chi connectivity index (χ1n) is 8.09. The van der Waals surface area contributed by atoms with E-state index in [1.54, 1.807) is 0 Å². The molecule has 2 fully saturated rings. The molecule has 1 amide bonds. The van der Waals surface area contributed by atoms with Crippen molar-refractivity contribution >= 4 is 5.91 Å². The summed E-state index contributed by atoms with van der Waals surface area (Å²) in [6.45, 7) is 8.44. The lowest BCUT2D eigenvalue weighted by Crippen LogP contribution is -2.60. The van der Waals surface area contributed by atoms with Gasteiger partial charge < -0.3 is 10.2 Å². The summed E-state index contributed by atoms with van der Waals surface area (Å²) in [5.41, 5.74) is -0.310. The van der Waals surface area contributed by atoms with Gasteiger partial charge in [0, 0.05) is 12.6 Å². The fourth-order valence-electron chi connectivity index (χ4n) is 3.56. The Bertz CT molecular complexity index is 302. The summed E-state index contributed by atoms with van der Waals surface area (Å²) in [7, 11) is 0. The molecule has 2 aliphatic rings. The summed E-state index contributed by atoms with van der Waals surface area (Å²) in [6, 6.07) is 0.496. The molecule has 0 aromatic heterocycles. The Morgan fingerprint density at radius 1 is 1.26 bits per heavy atom. The van der Waals surface area contributed by atoms with Gasteiger partial charge in [0.2, 0.25) is 5.91 Å². The van der Waals surface area contributed by atoms with Gasteiger partial charge in [-0.15, -0.1) is 0 Å². The molecule has 1 aliphatic heterocycles. The van der Waals surface area contributed by atoms with Gasteiger partial charge in [-0.25, -0.2) is 0 Å². The van der Waals surface area contributed by atoms with Gasteiger partial charge in [-0.05, 0) is 51.5 Å². The van der Waals surface area contributed by atoms with Gasteiger partial charge in [-0.1, -0.05) is 26.7 Å². The highest BCUT2D eigenvalue weighted by molar-refractivity contribution is 5.86. The molecule has 110 valence electrons. The van der Waals surface area contributed by atoms with Gasteiger partial charge in [0.1, 0.15) is 0 Å². The standard InChI is InChI=1S/C16H30N2O/c1-13(2)12-18(14-8-4-5-9-14)15(19)16(3)10-6-7-11-17-16/h13-14,17H,4-12H2,1-3H3. The highest BCUT2D eigenvalue weighted by Crippen LogP contribution is 2.29. The number of carbonyl (C=O) groups is 1. The Balaban J connectivity index is 2.09. The molecule has 0 radical (unpaired) electrons. The monoisotopic (exact) mass is 266 g/mol. The normalized spacial score (nSPS) is 28.8. The molecule has 1 atom stereocenters. The van der Waals surface area contributed by atoms with Crippen LogP contribution in [0, 0.1) is 5.92 Å². The molecular formula is C16H30N2O. The molecule has 1 unspecified atom stereocenters. The van der Waals surface area contributed by atoms with Crippen molar-refractivity contribution in [2.75, 3.05) is 13.1 Å². The second-order valence-corrected chi connectivity index (χ2v) is 7.01. The molecule has 19 heavy (non-hydrogen) atoms. The summed E-state index contributed by atoms with van der Waals surface area (Å²) >= 11 is 0. The third kappa shape index (κ3) is 3.50. The molecular weight excluding hydrogens is 236 g/mol. The van der Waals surface area contributed by atoms with Crippen LogP contribution in [-0.4, -0.2) is 35.5 Å². The maximum absolute atomic E-state index is 13.0. The lowest BCUT2D eigenvalue weighted by Gasteiger charge is -2.41. The van der Waals surface area contributed by atoms with E-state index in [-0.39, 0.29) is 5.54 Å². The van der Waals surface area contributed by atoms with Crippen LogP contribution in [0.2, 0.25) is 0 Å². The van der Waals surface area contributed by atoms with Crippen molar-refractivity contribution in [3.63, 3.8) is 0 Å². The van der Waals surface area contributed by atoms with Gasteiger partial charge in [-0.3, -0.25) is 4.79 Å². The van der Waals surface area contributed by atoms with Crippen LogP contribution in [0.5, 0.6) is 0 Å². The number of nitrogens with one attached hydrogen (secondary N) is 1. The first kappa shape index (κ1) is 14.8. The Morgan fingerprint density at radius 2 is 1.95 bits per heavy atom. The average Bonchev–Trinajstić information content (AvgIpc) is 2.89. The number of piperidine rings is 1. The van der Waals surface area contributed by atoms with Crippen LogP contribution < -0.4 is 5.32 Å². The van der Waals surface area contributed by atoms with E-state index in [0.29, 0.717) is 17.9 Å². The Kier molecular flexibility index (Phi) is 4.88. The maximum atomic E-state index is 13.0. The van der Waals surface area contributed by atoms with E-state index in [1.165, 1.54) is 38.5 Å². The Morgan fingerprint density at radius 3 is 2.47 bits per heavy atom. The predicted molar refractivity (Wildman–Crippen MR) is 79.1 cm³/mol. The molecule has 1 N–H and O–H groups in total. The number of hydrogen-bond acceptors (Lipinski definition) is 2. The van der Waals surface area contributed by atoms with E-state index in [0.717, 1.165) is 19.5 Å². The first-order valence-corrected chi connectivity index (χ1v) is 8.09. The van der Waals surface area contributed by atoms with Gasteiger partial charge in [0.25, 0.3) is 0 Å². The highest BCUT2D eigenvalue weighted by atomic mass is 16.2. The van der Waals surface area contributed by atoms with E-state index < -0.39 is 0 Å². The fourth-order valence-corrected chi connectivity index (χ4v) is 3.56. The van der Waals surface area contributed by atoms with Gasteiger partial charge >= 0.3 is 0 Å². The van der Waals surface area contributed by atoms with Crippen LogP contribution in [0.25, 0.3) is 0 Å².